The smallest absolute Gasteiger partial charge is 0.273 e. The molecule has 0 aliphatic heterocycles. The van der Waals surface area contributed by atoms with Crippen LogP contribution < -0.4 is 10.6 Å². The standard InChI is InChI=1S/C9H13F2N3S/c1-5-6(8(12)4-9(8,10)11)15-7(13-5)14(2)3/h4,12H2,1-3H3. The van der Waals surface area contributed by atoms with E-state index in [2.05, 4.69) is 4.98 Å². The molecule has 84 valence electrons. The summed E-state index contributed by atoms with van der Waals surface area (Å²) in [7, 11) is 3.66. The molecule has 15 heavy (non-hydrogen) atoms. The number of halogens is 2. The molecule has 1 saturated carbocycles. The highest BCUT2D eigenvalue weighted by Crippen LogP contribution is 2.59. The summed E-state index contributed by atoms with van der Waals surface area (Å²) in [4.78, 5) is 6.52. The minimum atomic E-state index is -2.77. The SMILES string of the molecule is Cc1nc(N(C)C)sc1C1(N)CC1(F)F. The third kappa shape index (κ3) is 1.43. The minimum absolute atomic E-state index is 0.268. The number of aromatic nitrogens is 1. The van der Waals surface area contributed by atoms with Gasteiger partial charge in [0.2, 0.25) is 0 Å². The van der Waals surface area contributed by atoms with Crippen molar-refractivity contribution >= 4 is 16.5 Å². The Bertz CT molecular complexity index is 402. The van der Waals surface area contributed by atoms with Crippen LogP contribution in [0.2, 0.25) is 0 Å². The Morgan fingerprint density at radius 3 is 2.33 bits per heavy atom. The van der Waals surface area contributed by atoms with Gasteiger partial charge in [-0.1, -0.05) is 11.3 Å². The molecule has 0 spiro atoms. The van der Waals surface area contributed by atoms with E-state index in [1.807, 2.05) is 14.1 Å². The molecule has 1 aliphatic carbocycles. The molecule has 1 aromatic rings. The van der Waals surface area contributed by atoms with E-state index in [1.165, 1.54) is 11.3 Å². The van der Waals surface area contributed by atoms with E-state index < -0.39 is 11.5 Å². The van der Waals surface area contributed by atoms with Gasteiger partial charge in [0.15, 0.2) is 5.13 Å². The molecule has 0 amide bonds. The third-order valence-electron chi connectivity index (χ3n) is 2.60. The normalized spacial score (nSPS) is 27.9. The Balaban J connectivity index is 2.39. The van der Waals surface area contributed by atoms with E-state index in [0.29, 0.717) is 10.6 Å². The number of nitrogens with two attached hydrogens (primary N) is 1. The Morgan fingerprint density at radius 2 is 2.00 bits per heavy atom. The monoisotopic (exact) mass is 233 g/mol. The molecule has 1 unspecified atom stereocenters. The Labute approximate surface area is 90.9 Å². The first-order valence-corrected chi connectivity index (χ1v) is 5.41. The molecule has 1 aliphatic rings. The lowest BCUT2D eigenvalue weighted by Gasteiger charge is -2.08. The van der Waals surface area contributed by atoms with Crippen LogP contribution in [0.5, 0.6) is 0 Å². The van der Waals surface area contributed by atoms with Crippen LogP contribution in [0, 0.1) is 6.92 Å². The molecule has 1 aromatic heterocycles. The molecule has 1 atom stereocenters. The maximum Gasteiger partial charge on any atom is 0.273 e. The van der Waals surface area contributed by atoms with Crippen molar-refractivity contribution in [3.05, 3.63) is 10.6 Å². The van der Waals surface area contributed by atoms with Gasteiger partial charge in [-0.25, -0.2) is 13.8 Å². The molecule has 0 aromatic carbocycles. The molecule has 2 N–H and O–H groups in total. The van der Waals surface area contributed by atoms with Crippen LogP contribution in [0.4, 0.5) is 13.9 Å². The summed E-state index contributed by atoms with van der Waals surface area (Å²) in [6, 6.07) is 0. The maximum atomic E-state index is 13.1. The summed E-state index contributed by atoms with van der Waals surface area (Å²) in [6.07, 6.45) is -0.268. The van der Waals surface area contributed by atoms with Gasteiger partial charge in [-0.2, -0.15) is 0 Å². The van der Waals surface area contributed by atoms with Crippen LogP contribution in [0.1, 0.15) is 17.0 Å². The zero-order valence-corrected chi connectivity index (χ0v) is 9.66. The van der Waals surface area contributed by atoms with Crippen molar-refractivity contribution in [3.63, 3.8) is 0 Å². The molecule has 1 heterocycles. The topological polar surface area (TPSA) is 42.2 Å². The maximum absolute atomic E-state index is 13.1. The Kier molecular flexibility index (Phi) is 2.07. The highest BCUT2D eigenvalue weighted by Gasteiger charge is 2.71. The second-order valence-corrected chi connectivity index (χ2v) is 5.14. The molecule has 1 fully saturated rings. The van der Waals surface area contributed by atoms with E-state index in [1.54, 1.807) is 11.8 Å². The van der Waals surface area contributed by atoms with E-state index in [-0.39, 0.29) is 6.42 Å². The second-order valence-electron chi connectivity index (χ2n) is 4.16. The van der Waals surface area contributed by atoms with Gasteiger partial charge in [0.05, 0.1) is 10.6 Å². The fourth-order valence-corrected chi connectivity index (χ4v) is 2.68. The van der Waals surface area contributed by atoms with Gasteiger partial charge in [-0.15, -0.1) is 0 Å². The summed E-state index contributed by atoms with van der Waals surface area (Å²) in [6.45, 7) is 1.72. The molecule has 3 nitrogen and oxygen atoms in total. The first-order valence-electron chi connectivity index (χ1n) is 4.60. The predicted molar refractivity (Wildman–Crippen MR) is 56.6 cm³/mol. The van der Waals surface area contributed by atoms with Gasteiger partial charge >= 0.3 is 0 Å². The van der Waals surface area contributed by atoms with Gasteiger partial charge in [0.1, 0.15) is 5.54 Å². The van der Waals surface area contributed by atoms with Crippen LogP contribution in [-0.2, 0) is 5.54 Å². The van der Waals surface area contributed by atoms with Crippen LogP contribution in [0.3, 0.4) is 0 Å². The average molecular weight is 233 g/mol. The molecule has 0 radical (unpaired) electrons. The summed E-state index contributed by atoms with van der Waals surface area (Å²) in [5.41, 5.74) is 4.81. The van der Waals surface area contributed by atoms with Crippen molar-refractivity contribution in [1.82, 2.24) is 4.98 Å². The first-order chi connectivity index (χ1) is 6.78. The largest absolute Gasteiger partial charge is 0.354 e. The zero-order chi connectivity index (χ0) is 11.4. The Morgan fingerprint density at radius 1 is 1.47 bits per heavy atom. The summed E-state index contributed by atoms with van der Waals surface area (Å²) < 4.78 is 26.2. The second kappa shape index (κ2) is 2.89. The number of nitrogens with zero attached hydrogens (tertiary/aromatic N) is 2. The molecular weight excluding hydrogens is 220 g/mol. The van der Waals surface area contributed by atoms with Crippen molar-refractivity contribution in [2.75, 3.05) is 19.0 Å². The van der Waals surface area contributed by atoms with Crippen LogP contribution in [0.25, 0.3) is 0 Å². The number of hydrogen-bond acceptors (Lipinski definition) is 4. The lowest BCUT2D eigenvalue weighted by molar-refractivity contribution is 0.0897. The minimum Gasteiger partial charge on any atom is -0.354 e. The fourth-order valence-electron chi connectivity index (χ4n) is 1.54. The van der Waals surface area contributed by atoms with Crippen molar-refractivity contribution in [3.8, 4) is 0 Å². The molecular formula is C9H13F2N3S. The van der Waals surface area contributed by atoms with Gasteiger partial charge in [0.25, 0.3) is 5.92 Å². The van der Waals surface area contributed by atoms with E-state index in [0.717, 1.165) is 5.13 Å². The highest BCUT2D eigenvalue weighted by atomic mass is 32.1. The van der Waals surface area contributed by atoms with Gasteiger partial charge < -0.3 is 10.6 Å². The number of alkyl halides is 2. The van der Waals surface area contributed by atoms with Crippen LogP contribution in [0.15, 0.2) is 0 Å². The lowest BCUT2D eigenvalue weighted by Crippen LogP contribution is -2.26. The average Bonchev–Trinajstić information content (AvgIpc) is 2.46. The number of rotatable bonds is 2. The number of thiazole rings is 1. The van der Waals surface area contributed by atoms with Crippen molar-refractivity contribution in [2.45, 2.75) is 24.8 Å². The zero-order valence-electron chi connectivity index (χ0n) is 8.84. The number of aryl methyl sites for hydroxylation is 1. The number of hydrogen-bond donors (Lipinski definition) is 1. The van der Waals surface area contributed by atoms with Gasteiger partial charge in [-0.05, 0) is 6.92 Å². The molecule has 6 heteroatoms. The van der Waals surface area contributed by atoms with E-state index >= 15 is 0 Å². The quantitative estimate of drug-likeness (QED) is 0.845. The van der Waals surface area contributed by atoms with Gasteiger partial charge in [-0.3, -0.25) is 0 Å². The first kappa shape index (κ1) is 10.8. The van der Waals surface area contributed by atoms with Crippen molar-refractivity contribution in [1.29, 1.82) is 0 Å². The summed E-state index contributed by atoms with van der Waals surface area (Å²) in [5.74, 6) is -2.77. The van der Waals surface area contributed by atoms with E-state index in [4.69, 9.17) is 5.73 Å². The number of anilines is 1. The summed E-state index contributed by atoms with van der Waals surface area (Å²) >= 11 is 1.25. The van der Waals surface area contributed by atoms with Crippen molar-refractivity contribution in [2.24, 2.45) is 5.73 Å². The van der Waals surface area contributed by atoms with Gasteiger partial charge in [0, 0.05) is 20.5 Å². The third-order valence-corrected chi connectivity index (χ3v) is 4.10. The summed E-state index contributed by atoms with van der Waals surface area (Å²) in [5, 5.41) is 0.718. The van der Waals surface area contributed by atoms with Crippen molar-refractivity contribution < 1.29 is 8.78 Å². The Hall–Kier alpha value is -0.750. The van der Waals surface area contributed by atoms with Crippen LogP contribution >= 0.6 is 11.3 Å². The molecule has 0 bridgehead atoms. The van der Waals surface area contributed by atoms with E-state index in [9.17, 15) is 8.78 Å². The van der Waals surface area contributed by atoms with Crippen LogP contribution in [-0.4, -0.2) is 25.0 Å². The highest BCUT2D eigenvalue weighted by molar-refractivity contribution is 7.16. The lowest BCUT2D eigenvalue weighted by atomic mass is 10.2. The fraction of sp³-hybridized carbons (Fsp3) is 0.667. The molecule has 0 saturated heterocycles. The molecule has 2 rings (SSSR count). The predicted octanol–water partition coefficient (Wildman–Crippen LogP) is 1.71.